The summed E-state index contributed by atoms with van der Waals surface area (Å²) in [4.78, 5) is 11.4. The lowest BCUT2D eigenvalue weighted by atomic mass is 9.83. The Labute approximate surface area is 108 Å². The van der Waals surface area contributed by atoms with Crippen molar-refractivity contribution in [1.82, 2.24) is 5.32 Å². The first-order valence-electron chi connectivity index (χ1n) is 7.23. The van der Waals surface area contributed by atoms with Gasteiger partial charge in [-0.3, -0.25) is 4.79 Å². The zero-order chi connectivity index (χ0) is 12.7. The predicted octanol–water partition coefficient (Wildman–Crippen LogP) is 1.50. The summed E-state index contributed by atoms with van der Waals surface area (Å²) in [5.41, 5.74) is 0. The van der Waals surface area contributed by atoms with Crippen molar-refractivity contribution in [3.63, 3.8) is 0 Å². The van der Waals surface area contributed by atoms with Crippen molar-refractivity contribution in [2.24, 2.45) is 23.7 Å². The lowest BCUT2D eigenvalue weighted by Crippen LogP contribution is -2.49. The van der Waals surface area contributed by atoms with E-state index in [0.29, 0.717) is 23.8 Å². The predicted molar refractivity (Wildman–Crippen MR) is 67.3 cm³/mol. The molecule has 2 aliphatic carbocycles. The maximum absolute atomic E-state index is 11.4. The molecule has 3 aliphatic rings. The zero-order valence-corrected chi connectivity index (χ0v) is 11.0. The van der Waals surface area contributed by atoms with Gasteiger partial charge in [-0.1, -0.05) is 0 Å². The fourth-order valence-electron chi connectivity index (χ4n) is 4.27. The third-order valence-corrected chi connectivity index (χ3v) is 5.33. The van der Waals surface area contributed by atoms with Crippen molar-refractivity contribution in [2.75, 3.05) is 13.2 Å². The molecule has 6 unspecified atom stereocenters. The van der Waals surface area contributed by atoms with Crippen LogP contribution in [0.3, 0.4) is 0 Å². The smallest absolute Gasteiger partial charge is 0.308 e. The Morgan fingerprint density at radius 3 is 2.78 bits per heavy atom. The number of hydrogen-bond acceptors (Lipinski definition) is 3. The number of carboxylic acid groups (broad SMARTS) is 1. The lowest BCUT2D eigenvalue weighted by molar-refractivity contribution is -0.144. The van der Waals surface area contributed by atoms with Crippen LogP contribution in [0.15, 0.2) is 0 Å². The fraction of sp³-hybridized carbons (Fsp3) is 0.929. The van der Waals surface area contributed by atoms with E-state index in [-0.39, 0.29) is 12.0 Å². The molecule has 0 aromatic heterocycles. The average Bonchev–Trinajstić information content (AvgIpc) is 3.05. The molecular formula is C14H23NO3. The van der Waals surface area contributed by atoms with Gasteiger partial charge in [0.05, 0.1) is 12.5 Å². The Kier molecular flexibility index (Phi) is 3.32. The van der Waals surface area contributed by atoms with Crippen LogP contribution in [0.2, 0.25) is 0 Å². The maximum atomic E-state index is 11.4. The maximum Gasteiger partial charge on any atom is 0.308 e. The molecule has 102 valence electrons. The Bertz CT molecular complexity index is 327. The van der Waals surface area contributed by atoms with Gasteiger partial charge in [-0.2, -0.15) is 0 Å². The minimum atomic E-state index is -0.602. The molecule has 0 spiro atoms. The molecular weight excluding hydrogens is 230 g/mol. The van der Waals surface area contributed by atoms with E-state index in [4.69, 9.17) is 4.74 Å². The quantitative estimate of drug-likeness (QED) is 0.797. The van der Waals surface area contributed by atoms with E-state index in [1.165, 1.54) is 6.42 Å². The molecule has 1 saturated heterocycles. The van der Waals surface area contributed by atoms with Gasteiger partial charge < -0.3 is 15.2 Å². The molecule has 1 aliphatic heterocycles. The summed E-state index contributed by atoms with van der Waals surface area (Å²) in [6, 6.07) is 0.565. The molecule has 0 amide bonds. The molecule has 2 bridgehead atoms. The number of nitrogens with one attached hydrogen (secondary N) is 1. The van der Waals surface area contributed by atoms with Gasteiger partial charge >= 0.3 is 5.97 Å². The van der Waals surface area contributed by atoms with Crippen LogP contribution in [-0.2, 0) is 9.53 Å². The summed E-state index contributed by atoms with van der Waals surface area (Å²) in [5, 5.41) is 13.0. The third kappa shape index (κ3) is 2.05. The first-order valence-corrected chi connectivity index (χ1v) is 7.23. The fourth-order valence-corrected chi connectivity index (χ4v) is 4.27. The van der Waals surface area contributed by atoms with Crippen LogP contribution in [0.5, 0.6) is 0 Å². The number of fused-ring (bicyclic) bond motifs is 2. The molecule has 0 aromatic rings. The number of carbonyl (C=O) groups is 1. The van der Waals surface area contributed by atoms with Gasteiger partial charge in [0.15, 0.2) is 0 Å². The monoisotopic (exact) mass is 253 g/mol. The van der Waals surface area contributed by atoms with Crippen LogP contribution >= 0.6 is 0 Å². The molecule has 1 heterocycles. The van der Waals surface area contributed by atoms with Crippen molar-refractivity contribution in [3.05, 3.63) is 0 Å². The summed E-state index contributed by atoms with van der Waals surface area (Å²) in [5.74, 6) is 0.791. The SMILES string of the molecule is CC(NC1C2CCC(C2)C1C(=O)O)C1CCOC1. The van der Waals surface area contributed by atoms with Crippen molar-refractivity contribution >= 4 is 5.97 Å². The summed E-state index contributed by atoms with van der Waals surface area (Å²) in [6.45, 7) is 3.87. The highest BCUT2D eigenvalue weighted by atomic mass is 16.5. The van der Waals surface area contributed by atoms with E-state index < -0.39 is 5.97 Å². The van der Waals surface area contributed by atoms with Gasteiger partial charge in [0.25, 0.3) is 0 Å². The van der Waals surface area contributed by atoms with Crippen molar-refractivity contribution < 1.29 is 14.6 Å². The van der Waals surface area contributed by atoms with E-state index in [2.05, 4.69) is 12.2 Å². The van der Waals surface area contributed by atoms with Gasteiger partial charge in [-0.05, 0) is 50.4 Å². The van der Waals surface area contributed by atoms with E-state index in [9.17, 15) is 9.90 Å². The van der Waals surface area contributed by atoms with Crippen molar-refractivity contribution in [2.45, 2.75) is 44.7 Å². The summed E-state index contributed by atoms with van der Waals surface area (Å²) in [7, 11) is 0. The molecule has 6 atom stereocenters. The van der Waals surface area contributed by atoms with Crippen LogP contribution in [0.1, 0.15) is 32.6 Å². The second-order valence-electron chi connectivity index (χ2n) is 6.30. The average molecular weight is 253 g/mol. The van der Waals surface area contributed by atoms with E-state index in [1.807, 2.05) is 0 Å². The van der Waals surface area contributed by atoms with Crippen molar-refractivity contribution in [1.29, 1.82) is 0 Å². The normalized spacial score (nSPS) is 44.4. The van der Waals surface area contributed by atoms with Crippen LogP contribution in [0.25, 0.3) is 0 Å². The third-order valence-electron chi connectivity index (χ3n) is 5.33. The lowest BCUT2D eigenvalue weighted by Gasteiger charge is -2.33. The second-order valence-corrected chi connectivity index (χ2v) is 6.30. The summed E-state index contributed by atoms with van der Waals surface area (Å²) < 4.78 is 5.42. The zero-order valence-electron chi connectivity index (χ0n) is 11.0. The van der Waals surface area contributed by atoms with Crippen molar-refractivity contribution in [3.8, 4) is 0 Å². The molecule has 0 radical (unpaired) electrons. The Hall–Kier alpha value is -0.610. The summed E-state index contributed by atoms with van der Waals surface area (Å²) >= 11 is 0. The van der Waals surface area contributed by atoms with E-state index >= 15 is 0 Å². The number of ether oxygens (including phenoxy) is 1. The highest BCUT2D eigenvalue weighted by Crippen LogP contribution is 2.48. The standard InChI is InChI=1S/C14H23NO3/c1-8(11-4-5-18-7-11)15-13-10-3-2-9(6-10)12(13)14(16)17/h8-13,15H,2-7H2,1H3,(H,16,17). The van der Waals surface area contributed by atoms with Crippen LogP contribution in [0, 0.1) is 23.7 Å². The minimum absolute atomic E-state index is 0.159. The van der Waals surface area contributed by atoms with Gasteiger partial charge in [-0.25, -0.2) is 0 Å². The molecule has 3 rings (SSSR count). The molecule has 0 aromatic carbocycles. The number of hydrogen-bond donors (Lipinski definition) is 2. The highest BCUT2D eigenvalue weighted by Gasteiger charge is 2.51. The Morgan fingerprint density at radius 1 is 1.33 bits per heavy atom. The van der Waals surface area contributed by atoms with Crippen LogP contribution in [0.4, 0.5) is 0 Å². The number of carboxylic acids is 1. The first-order chi connectivity index (χ1) is 8.66. The number of rotatable bonds is 4. The first kappa shape index (κ1) is 12.4. The number of aliphatic carboxylic acids is 1. The second kappa shape index (κ2) is 4.82. The van der Waals surface area contributed by atoms with Gasteiger partial charge in [0.1, 0.15) is 0 Å². The van der Waals surface area contributed by atoms with Crippen LogP contribution < -0.4 is 5.32 Å². The topological polar surface area (TPSA) is 58.6 Å². The van der Waals surface area contributed by atoms with Crippen LogP contribution in [-0.4, -0.2) is 36.4 Å². The molecule has 18 heavy (non-hydrogen) atoms. The summed E-state index contributed by atoms with van der Waals surface area (Å²) in [6.07, 6.45) is 4.54. The molecule has 4 heteroatoms. The molecule has 3 fully saturated rings. The van der Waals surface area contributed by atoms with Gasteiger partial charge in [0.2, 0.25) is 0 Å². The molecule has 2 saturated carbocycles. The largest absolute Gasteiger partial charge is 0.481 e. The minimum Gasteiger partial charge on any atom is -0.481 e. The van der Waals surface area contributed by atoms with Gasteiger partial charge in [-0.15, -0.1) is 0 Å². The molecule has 2 N–H and O–H groups in total. The van der Waals surface area contributed by atoms with E-state index in [1.54, 1.807) is 0 Å². The Morgan fingerprint density at radius 2 is 2.11 bits per heavy atom. The van der Waals surface area contributed by atoms with Gasteiger partial charge in [0, 0.05) is 18.7 Å². The van der Waals surface area contributed by atoms with E-state index in [0.717, 1.165) is 32.5 Å². The highest BCUT2D eigenvalue weighted by molar-refractivity contribution is 5.72. The Balaban J connectivity index is 1.65. The molecule has 4 nitrogen and oxygen atoms in total.